The first-order valence-corrected chi connectivity index (χ1v) is 7.44. The molecule has 0 saturated carbocycles. The lowest BCUT2D eigenvalue weighted by atomic mass is 10.0. The van der Waals surface area contributed by atoms with Crippen LogP contribution >= 0.6 is 0 Å². The predicted molar refractivity (Wildman–Crippen MR) is 82.3 cm³/mol. The fraction of sp³-hybridized carbons (Fsp3) is 0.294. The van der Waals surface area contributed by atoms with Crippen LogP contribution in [-0.4, -0.2) is 16.1 Å². The number of rotatable bonds is 5. The van der Waals surface area contributed by atoms with Crippen molar-refractivity contribution in [1.29, 1.82) is 0 Å². The lowest BCUT2D eigenvalue weighted by Crippen LogP contribution is -2.24. The monoisotopic (exact) mass is 299 g/mol. The molecule has 1 atom stereocenters. The van der Waals surface area contributed by atoms with Crippen LogP contribution in [0.2, 0.25) is 0 Å². The largest absolute Gasteiger partial charge is 0.352 e. The number of aromatic amines is 1. The first kappa shape index (κ1) is 14.5. The Balaban J connectivity index is 1.61. The molecule has 0 saturated heterocycles. The maximum absolute atomic E-state index is 13.0. The molecule has 0 spiro atoms. The SMILES string of the molecule is O=C(C[C@@H]1C=CCC1)NCc1cn[nH]c1-c1ccc(F)cc1. The molecule has 5 heteroatoms. The molecule has 2 aromatic rings. The number of halogens is 1. The van der Waals surface area contributed by atoms with Gasteiger partial charge in [-0.25, -0.2) is 4.39 Å². The Labute approximate surface area is 128 Å². The summed E-state index contributed by atoms with van der Waals surface area (Å²) in [6, 6.07) is 6.20. The van der Waals surface area contributed by atoms with E-state index in [1.54, 1.807) is 18.3 Å². The average Bonchev–Trinajstić information content (AvgIpc) is 3.17. The van der Waals surface area contributed by atoms with Crippen LogP contribution in [0.3, 0.4) is 0 Å². The lowest BCUT2D eigenvalue weighted by Gasteiger charge is -2.09. The highest BCUT2D eigenvalue weighted by Crippen LogP contribution is 2.22. The second kappa shape index (κ2) is 6.56. The van der Waals surface area contributed by atoms with Gasteiger partial charge in [-0.1, -0.05) is 12.2 Å². The van der Waals surface area contributed by atoms with Crippen LogP contribution in [0.5, 0.6) is 0 Å². The summed E-state index contributed by atoms with van der Waals surface area (Å²) in [4.78, 5) is 12.0. The van der Waals surface area contributed by atoms with Gasteiger partial charge in [-0.2, -0.15) is 5.10 Å². The highest BCUT2D eigenvalue weighted by atomic mass is 19.1. The maximum atomic E-state index is 13.0. The van der Waals surface area contributed by atoms with Crippen molar-refractivity contribution >= 4 is 5.91 Å². The fourth-order valence-electron chi connectivity index (χ4n) is 2.68. The highest BCUT2D eigenvalue weighted by Gasteiger charge is 2.15. The summed E-state index contributed by atoms with van der Waals surface area (Å²) in [5.74, 6) is 0.131. The normalized spacial score (nSPS) is 16.9. The summed E-state index contributed by atoms with van der Waals surface area (Å²) in [5.41, 5.74) is 2.55. The first-order chi connectivity index (χ1) is 10.7. The van der Waals surface area contributed by atoms with Gasteiger partial charge in [0.05, 0.1) is 11.9 Å². The number of hydrogen-bond donors (Lipinski definition) is 2. The number of hydrogen-bond acceptors (Lipinski definition) is 2. The molecular weight excluding hydrogens is 281 g/mol. The molecule has 4 nitrogen and oxygen atoms in total. The second-order valence-electron chi connectivity index (χ2n) is 5.52. The molecule has 3 rings (SSSR count). The van der Waals surface area contributed by atoms with E-state index in [9.17, 15) is 9.18 Å². The summed E-state index contributed by atoms with van der Waals surface area (Å²) in [5, 5.41) is 9.85. The smallest absolute Gasteiger partial charge is 0.220 e. The molecule has 114 valence electrons. The van der Waals surface area contributed by atoms with Gasteiger partial charge < -0.3 is 5.32 Å². The van der Waals surface area contributed by atoms with Crippen LogP contribution in [0.4, 0.5) is 4.39 Å². The van der Waals surface area contributed by atoms with Gasteiger partial charge in [-0.15, -0.1) is 0 Å². The van der Waals surface area contributed by atoms with E-state index in [2.05, 4.69) is 27.7 Å². The van der Waals surface area contributed by atoms with Gasteiger partial charge in [0, 0.05) is 24.1 Å². The van der Waals surface area contributed by atoms with E-state index in [0.29, 0.717) is 18.9 Å². The van der Waals surface area contributed by atoms with Crippen molar-refractivity contribution in [1.82, 2.24) is 15.5 Å². The summed E-state index contributed by atoms with van der Waals surface area (Å²) in [7, 11) is 0. The molecular formula is C17H18FN3O. The van der Waals surface area contributed by atoms with E-state index in [4.69, 9.17) is 0 Å². The van der Waals surface area contributed by atoms with Gasteiger partial charge in [-0.05, 0) is 43.0 Å². The minimum Gasteiger partial charge on any atom is -0.352 e. The number of benzene rings is 1. The number of H-pyrrole nitrogens is 1. The van der Waals surface area contributed by atoms with Gasteiger partial charge >= 0.3 is 0 Å². The predicted octanol–water partition coefficient (Wildman–Crippen LogP) is 3.19. The number of carbonyl (C=O) groups is 1. The summed E-state index contributed by atoms with van der Waals surface area (Å²) in [6.45, 7) is 0.415. The molecule has 0 fully saturated rings. The highest BCUT2D eigenvalue weighted by molar-refractivity contribution is 5.76. The first-order valence-electron chi connectivity index (χ1n) is 7.44. The maximum Gasteiger partial charge on any atom is 0.220 e. The molecule has 1 aromatic carbocycles. The third-order valence-corrected chi connectivity index (χ3v) is 3.89. The third-order valence-electron chi connectivity index (χ3n) is 3.89. The molecule has 1 heterocycles. The Morgan fingerprint density at radius 3 is 2.91 bits per heavy atom. The Morgan fingerprint density at radius 2 is 2.18 bits per heavy atom. The summed E-state index contributed by atoms with van der Waals surface area (Å²) < 4.78 is 13.0. The molecule has 1 amide bonds. The van der Waals surface area contributed by atoms with E-state index in [-0.39, 0.29) is 11.7 Å². The van der Waals surface area contributed by atoms with Gasteiger partial charge in [0.15, 0.2) is 0 Å². The van der Waals surface area contributed by atoms with Crippen molar-refractivity contribution in [2.45, 2.75) is 25.8 Å². The Morgan fingerprint density at radius 1 is 1.36 bits per heavy atom. The van der Waals surface area contributed by atoms with Crippen molar-refractivity contribution in [3.8, 4) is 11.3 Å². The van der Waals surface area contributed by atoms with E-state index >= 15 is 0 Å². The van der Waals surface area contributed by atoms with Crippen molar-refractivity contribution in [3.63, 3.8) is 0 Å². The Bertz CT molecular complexity index is 675. The van der Waals surface area contributed by atoms with E-state index < -0.39 is 0 Å². The van der Waals surface area contributed by atoms with Crippen LogP contribution in [0.15, 0.2) is 42.6 Å². The molecule has 0 unspecified atom stereocenters. The third kappa shape index (κ3) is 3.42. The van der Waals surface area contributed by atoms with Crippen molar-refractivity contribution in [2.24, 2.45) is 5.92 Å². The molecule has 2 N–H and O–H groups in total. The number of amides is 1. The van der Waals surface area contributed by atoms with Crippen LogP contribution in [0, 0.1) is 11.7 Å². The van der Waals surface area contributed by atoms with Gasteiger partial charge in [0.1, 0.15) is 5.82 Å². The van der Waals surface area contributed by atoms with E-state index in [1.807, 2.05) is 0 Å². The van der Waals surface area contributed by atoms with Crippen molar-refractivity contribution < 1.29 is 9.18 Å². The van der Waals surface area contributed by atoms with Crippen LogP contribution < -0.4 is 5.32 Å². The van der Waals surface area contributed by atoms with Gasteiger partial charge in [-0.3, -0.25) is 9.89 Å². The lowest BCUT2D eigenvalue weighted by molar-refractivity contribution is -0.121. The van der Waals surface area contributed by atoms with Crippen molar-refractivity contribution in [2.75, 3.05) is 0 Å². The minimum atomic E-state index is -0.275. The molecule has 0 radical (unpaired) electrons. The zero-order chi connectivity index (χ0) is 15.4. The zero-order valence-corrected chi connectivity index (χ0v) is 12.2. The summed E-state index contributed by atoms with van der Waals surface area (Å²) in [6.07, 6.45) is 8.57. The quantitative estimate of drug-likeness (QED) is 0.833. The molecule has 0 aliphatic heterocycles. The van der Waals surface area contributed by atoms with Crippen LogP contribution in [0.25, 0.3) is 11.3 Å². The number of allylic oxidation sites excluding steroid dienone is 2. The van der Waals surface area contributed by atoms with Gasteiger partial charge in [0.25, 0.3) is 0 Å². The van der Waals surface area contributed by atoms with Crippen molar-refractivity contribution in [3.05, 3.63) is 54.0 Å². The Kier molecular flexibility index (Phi) is 4.32. The number of nitrogens with one attached hydrogen (secondary N) is 2. The average molecular weight is 299 g/mol. The zero-order valence-electron chi connectivity index (χ0n) is 12.2. The van der Waals surface area contributed by atoms with Gasteiger partial charge in [0.2, 0.25) is 5.91 Å². The Hall–Kier alpha value is -2.43. The minimum absolute atomic E-state index is 0.0443. The second-order valence-corrected chi connectivity index (χ2v) is 5.52. The van der Waals surface area contributed by atoms with E-state index in [0.717, 1.165) is 29.7 Å². The number of nitrogens with zero attached hydrogens (tertiary/aromatic N) is 1. The number of carbonyl (C=O) groups excluding carboxylic acids is 1. The topological polar surface area (TPSA) is 57.8 Å². The number of aromatic nitrogens is 2. The molecule has 1 aromatic heterocycles. The fourth-order valence-corrected chi connectivity index (χ4v) is 2.68. The molecule has 0 bridgehead atoms. The standard InChI is InChI=1S/C17H18FN3O/c18-15-7-5-13(6-8-15)17-14(11-20-21-17)10-19-16(22)9-12-3-1-2-4-12/h1,3,5-8,11-12H,2,4,9-10H2,(H,19,22)(H,20,21)/t12-/m1/s1. The van der Waals surface area contributed by atoms with Crippen LogP contribution in [-0.2, 0) is 11.3 Å². The van der Waals surface area contributed by atoms with E-state index in [1.165, 1.54) is 12.1 Å². The molecule has 1 aliphatic carbocycles. The molecule has 1 aliphatic rings. The molecule has 22 heavy (non-hydrogen) atoms. The summed E-state index contributed by atoms with van der Waals surface area (Å²) >= 11 is 0. The van der Waals surface area contributed by atoms with Crippen LogP contribution in [0.1, 0.15) is 24.8 Å².